The molecule has 2 heterocycles. The van der Waals surface area contributed by atoms with E-state index in [0.29, 0.717) is 13.0 Å². The summed E-state index contributed by atoms with van der Waals surface area (Å²) in [7, 11) is 0. The summed E-state index contributed by atoms with van der Waals surface area (Å²) < 4.78 is 0. The van der Waals surface area contributed by atoms with Gasteiger partial charge in [0.1, 0.15) is 0 Å². The van der Waals surface area contributed by atoms with Gasteiger partial charge >= 0.3 is 0 Å². The lowest BCUT2D eigenvalue weighted by atomic mass is 10.0. The number of ketones is 1. The molecule has 26 heavy (non-hydrogen) atoms. The number of carbonyl (C=O) groups excluding carboxylic acids is 1. The number of hydrogen-bond donors (Lipinski definition) is 3. The van der Waals surface area contributed by atoms with Gasteiger partial charge in [0.2, 0.25) is 0 Å². The highest BCUT2D eigenvalue weighted by Gasteiger charge is 2.18. The number of hydrazine groups is 2. The molecule has 0 radical (unpaired) electrons. The van der Waals surface area contributed by atoms with Crippen molar-refractivity contribution >= 4 is 5.78 Å². The van der Waals surface area contributed by atoms with Crippen LogP contribution >= 0.6 is 0 Å². The van der Waals surface area contributed by atoms with E-state index in [1.165, 1.54) is 37.8 Å². The lowest BCUT2D eigenvalue weighted by molar-refractivity contribution is -0.115. The first-order valence-electron chi connectivity index (χ1n) is 10.3. The summed E-state index contributed by atoms with van der Waals surface area (Å²) in [6.07, 6.45) is 14.1. The molecule has 3 N–H and O–H groups in total. The number of Topliss-reactive ketones (excluding diaryl/α,β-unsaturated/α-hetero) is 1. The maximum Gasteiger partial charge on any atom is 0.160 e. The third-order valence-corrected chi connectivity index (χ3v) is 4.42. The number of hydrogen-bond acceptors (Lipinski definition) is 5. The van der Waals surface area contributed by atoms with Gasteiger partial charge in [-0.1, -0.05) is 60.3 Å². The van der Waals surface area contributed by atoms with Crippen LogP contribution in [0.15, 0.2) is 35.4 Å². The molecule has 0 atom stereocenters. The van der Waals surface area contributed by atoms with Gasteiger partial charge < -0.3 is 10.7 Å². The van der Waals surface area contributed by atoms with Crippen molar-refractivity contribution in [3.63, 3.8) is 0 Å². The lowest BCUT2D eigenvalue weighted by Gasteiger charge is -2.21. The lowest BCUT2D eigenvalue weighted by Crippen LogP contribution is -2.37. The number of nitrogens with one attached hydrogen (secondary N) is 3. The van der Waals surface area contributed by atoms with E-state index in [1.54, 1.807) is 0 Å². The van der Waals surface area contributed by atoms with Crippen LogP contribution in [-0.2, 0) is 4.79 Å². The average Bonchev–Trinajstić information content (AvgIpc) is 3.14. The van der Waals surface area contributed by atoms with Gasteiger partial charge in [0.05, 0.1) is 5.70 Å². The molecule has 0 aromatic heterocycles. The van der Waals surface area contributed by atoms with E-state index in [1.807, 2.05) is 38.1 Å². The zero-order valence-corrected chi connectivity index (χ0v) is 17.3. The van der Waals surface area contributed by atoms with E-state index in [0.717, 1.165) is 23.6 Å². The third-order valence-electron chi connectivity index (χ3n) is 4.42. The van der Waals surface area contributed by atoms with E-state index in [9.17, 15) is 4.79 Å². The van der Waals surface area contributed by atoms with Crippen LogP contribution < -0.4 is 16.3 Å². The monoisotopic (exact) mass is 362 g/mol. The fourth-order valence-corrected chi connectivity index (χ4v) is 2.92. The van der Waals surface area contributed by atoms with Gasteiger partial charge in [-0.2, -0.15) is 0 Å². The van der Waals surface area contributed by atoms with Crippen LogP contribution in [-0.4, -0.2) is 17.3 Å². The van der Waals surface area contributed by atoms with Crippen molar-refractivity contribution in [1.29, 1.82) is 0 Å². The zero-order valence-electron chi connectivity index (χ0n) is 17.3. The maximum absolute atomic E-state index is 11.9. The Hall–Kier alpha value is -1.75. The number of allylic oxidation sites excluding steroid dienone is 2. The smallest absolute Gasteiger partial charge is 0.160 e. The topological polar surface area (TPSA) is 56.4 Å². The Labute approximate surface area is 159 Å². The maximum atomic E-state index is 11.9. The van der Waals surface area contributed by atoms with Gasteiger partial charge in [0.25, 0.3) is 0 Å². The molecular weight excluding hydrogens is 324 g/mol. The molecule has 5 nitrogen and oxygen atoms in total. The number of rotatable bonds is 10. The zero-order chi connectivity index (χ0) is 19.4. The molecule has 0 bridgehead atoms. The van der Waals surface area contributed by atoms with Crippen LogP contribution in [0, 0.1) is 5.92 Å². The summed E-state index contributed by atoms with van der Waals surface area (Å²) in [5.74, 6) is 1.02. The van der Waals surface area contributed by atoms with E-state index in [2.05, 4.69) is 36.3 Å². The van der Waals surface area contributed by atoms with Gasteiger partial charge in [-0.15, -0.1) is 5.53 Å². The largest absolute Gasteiger partial charge is 0.385 e. The molecule has 148 valence electrons. The van der Waals surface area contributed by atoms with Crippen molar-refractivity contribution in [2.75, 3.05) is 6.54 Å². The van der Waals surface area contributed by atoms with E-state index in [-0.39, 0.29) is 5.78 Å². The number of nitrogens with zero attached hydrogens (tertiary/aromatic N) is 1. The number of carbonyl (C=O) groups is 1. The standard InChI is InChI=1S/C19H32N4O.C2H6/c1-4-19(24)16-11-18(13-20-12-16)23-14-17(21-22-23)10-8-6-5-7-9-15(2)3;1-2/h11,13-15,20-22H,4-10,12H2,1-3H3;1-2H3. The molecule has 0 aromatic carbocycles. The van der Waals surface area contributed by atoms with E-state index >= 15 is 0 Å². The predicted octanol–water partition coefficient (Wildman–Crippen LogP) is 4.53. The highest BCUT2D eigenvalue weighted by Crippen LogP contribution is 2.18. The summed E-state index contributed by atoms with van der Waals surface area (Å²) in [4.78, 5) is 11.9. The molecule has 0 aliphatic carbocycles. The van der Waals surface area contributed by atoms with Crippen LogP contribution in [0.4, 0.5) is 0 Å². The molecule has 0 aromatic rings. The minimum absolute atomic E-state index is 0.200. The normalized spacial score (nSPS) is 16.1. The van der Waals surface area contributed by atoms with Crippen molar-refractivity contribution in [2.45, 2.75) is 79.6 Å². The van der Waals surface area contributed by atoms with Crippen molar-refractivity contribution in [2.24, 2.45) is 5.92 Å². The van der Waals surface area contributed by atoms with Crippen LogP contribution in [0.5, 0.6) is 0 Å². The van der Waals surface area contributed by atoms with Gasteiger partial charge in [-0.3, -0.25) is 9.80 Å². The third kappa shape index (κ3) is 7.65. The van der Waals surface area contributed by atoms with E-state index < -0.39 is 0 Å². The van der Waals surface area contributed by atoms with Crippen LogP contribution in [0.25, 0.3) is 0 Å². The SMILES string of the molecule is CC.CCC(=O)C1=CC(N2C=C(CCCCCCC(C)C)NN2)=CNC1. The molecule has 0 fully saturated rings. The molecular formula is C21H38N4O. The van der Waals surface area contributed by atoms with Crippen molar-refractivity contribution in [1.82, 2.24) is 21.3 Å². The van der Waals surface area contributed by atoms with Crippen molar-refractivity contribution in [3.8, 4) is 0 Å². The fraction of sp³-hybridized carbons (Fsp3) is 0.667. The molecule has 0 saturated carbocycles. The summed E-state index contributed by atoms with van der Waals surface area (Å²) in [6, 6.07) is 0. The fourth-order valence-electron chi connectivity index (χ4n) is 2.92. The van der Waals surface area contributed by atoms with Gasteiger partial charge in [0, 0.05) is 36.6 Å². The number of unbranched alkanes of at least 4 members (excludes halogenated alkanes) is 3. The average molecular weight is 363 g/mol. The Balaban J connectivity index is 0.00000163. The first kappa shape index (κ1) is 22.3. The number of dihydropyridines is 1. The minimum Gasteiger partial charge on any atom is -0.385 e. The van der Waals surface area contributed by atoms with Gasteiger partial charge in [0.15, 0.2) is 5.78 Å². The molecule has 0 amide bonds. The highest BCUT2D eigenvalue weighted by atomic mass is 16.1. The summed E-state index contributed by atoms with van der Waals surface area (Å²) in [5.41, 5.74) is 9.36. The first-order chi connectivity index (χ1) is 12.6. The molecule has 0 unspecified atom stereocenters. The Morgan fingerprint density at radius 2 is 1.92 bits per heavy atom. The molecule has 2 rings (SSSR count). The second-order valence-corrected chi connectivity index (χ2v) is 7.00. The molecule has 2 aliphatic heterocycles. The predicted molar refractivity (Wildman–Crippen MR) is 110 cm³/mol. The Morgan fingerprint density at radius 3 is 2.62 bits per heavy atom. The Bertz CT molecular complexity index is 520. The molecule has 0 saturated heterocycles. The van der Waals surface area contributed by atoms with Crippen LogP contribution in [0.3, 0.4) is 0 Å². The minimum atomic E-state index is 0.200. The van der Waals surface area contributed by atoms with Gasteiger partial charge in [-0.25, -0.2) is 0 Å². The van der Waals surface area contributed by atoms with Crippen molar-refractivity contribution in [3.05, 3.63) is 35.4 Å². The molecule has 5 heteroatoms. The van der Waals surface area contributed by atoms with Crippen LogP contribution in [0.2, 0.25) is 0 Å². The first-order valence-corrected chi connectivity index (χ1v) is 10.3. The Morgan fingerprint density at radius 1 is 1.19 bits per heavy atom. The second kappa shape index (κ2) is 12.6. The Kier molecular flexibility index (Phi) is 10.8. The van der Waals surface area contributed by atoms with Gasteiger partial charge in [-0.05, 0) is 24.8 Å². The quantitative estimate of drug-likeness (QED) is 0.499. The van der Waals surface area contributed by atoms with Crippen molar-refractivity contribution < 1.29 is 4.79 Å². The van der Waals surface area contributed by atoms with Crippen LogP contribution in [0.1, 0.15) is 79.6 Å². The molecule has 2 aliphatic rings. The summed E-state index contributed by atoms with van der Waals surface area (Å²) in [6.45, 7) is 11.1. The van der Waals surface area contributed by atoms with E-state index in [4.69, 9.17) is 0 Å². The summed E-state index contributed by atoms with van der Waals surface area (Å²) >= 11 is 0. The highest BCUT2D eigenvalue weighted by molar-refractivity contribution is 5.96. The second-order valence-electron chi connectivity index (χ2n) is 7.00. The molecule has 0 spiro atoms. The summed E-state index contributed by atoms with van der Waals surface area (Å²) in [5, 5.41) is 5.11.